The lowest BCUT2D eigenvalue weighted by molar-refractivity contribution is 0.0588. The van der Waals surface area contributed by atoms with Crippen LogP contribution in [0.5, 0.6) is 0 Å². The molecule has 0 fully saturated rings. The molecular weight excluding hydrogens is 240 g/mol. The minimum atomic E-state index is -0.456. The molecule has 0 amide bonds. The third-order valence-electron chi connectivity index (χ3n) is 2.86. The van der Waals surface area contributed by atoms with Crippen LogP contribution >= 0.6 is 0 Å². The number of ether oxygens (including phenoxy) is 1. The average molecular weight is 258 g/mol. The first-order valence-corrected chi connectivity index (χ1v) is 6.32. The highest BCUT2D eigenvalue weighted by Gasteiger charge is 2.10. The Kier molecular flexibility index (Phi) is 4.00. The highest BCUT2D eigenvalue weighted by Crippen LogP contribution is 2.19. The van der Waals surface area contributed by atoms with Crippen molar-refractivity contribution < 1.29 is 9.53 Å². The predicted octanol–water partition coefficient (Wildman–Crippen LogP) is 3.06. The summed E-state index contributed by atoms with van der Waals surface area (Å²) >= 11 is 0. The number of H-pyrrole nitrogens is 1. The Hall–Kier alpha value is -2.10. The third kappa shape index (κ3) is 3.22. The Morgan fingerprint density at radius 1 is 1.32 bits per heavy atom. The number of carbonyl (C=O) groups is 1. The molecule has 0 aliphatic rings. The number of esters is 1. The molecule has 0 aliphatic carbocycles. The number of nitrogens with zero attached hydrogens (tertiary/aromatic N) is 1. The zero-order chi connectivity index (χ0) is 13.8. The maximum atomic E-state index is 11.3. The first-order chi connectivity index (χ1) is 9.10. The highest BCUT2D eigenvalue weighted by molar-refractivity contribution is 5.86. The SMILES string of the molecule is COC(=O)c1ncc(-c2ccc(CC(C)C)cc2)[nH]1. The van der Waals surface area contributed by atoms with E-state index in [0.717, 1.165) is 17.7 Å². The lowest BCUT2D eigenvalue weighted by Crippen LogP contribution is -2.03. The van der Waals surface area contributed by atoms with Crippen LogP contribution < -0.4 is 0 Å². The van der Waals surface area contributed by atoms with Crippen LogP contribution in [0.3, 0.4) is 0 Å². The zero-order valence-electron chi connectivity index (χ0n) is 11.4. The van der Waals surface area contributed by atoms with E-state index in [1.807, 2.05) is 12.1 Å². The Labute approximate surface area is 112 Å². The number of imidazole rings is 1. The summed E-state index contributed by atoms with van der Waals surface area (Å²) in [5, 5.41) is 0. The summed E-state index contributed by atoms with van der Waals surface area (Å²) in [6.45, 7) is 4.40. The first-order valence-electron chi connectivity index (χ1n) is 6.32. The van der Waals surface area contributed by atoms with Crippen LogP contribution in [0.15, 0.2) is 30.5 Å². The van der Waals surface area contributed by atoms with E-state index < -0.39 is 5.97 Å². The number of hydrogen-bond donors (Lipinski definition) is 1. The molecule has 2 aromatic rings. The van der Waals surface area contributed by atoms with Gasteiger partial charge >= 0.3 is 5.97 Å². The van der Waals surface area contributed by atoms with Crippen molar-refractivity contribution in [1.82, 2.24) is 9.97 Å². The summed E-state index contributed by atoms with van der Waals surface area (Å²) < 4.78 is 4.62. The summed E-state index contributed by atoms with van der Waals surface area (Å²) in [6, 6.07) is 8.28. The van der Waals surface area contributed by atoms with Crippen LogP contribution in [0.4, 0.5) is 0 Å². The summed E-state index contributed by atoms with van der Waals surface area (Å²) in [7, 11) is 1.34. The molecule has 100 valence electrons. The number of aromatic nitrogens is 2. The predicted molar refractivity (Wildman–Crippen MR) is 73.9 cm³/mol. The second-order valence-electron chi connectivity index (χ2n) is 4.93. The zero-order valence-corrected chi connectivity index (χ0v) is 11.4. The van der Waals surface area contributed by atoms with Gasteiger partial charge in [0.25, 0.3) is 0 Å². The number of benzene rings is 1. The van der Waals surface area contributed by atoms with Crippen LogP contribution in [0.25, 0.3) is 11.3 Å². The highest BCUT2D eigenvalue weighted by atomic mass is 16.5. The second kappa shape index (κ2) is 5.69. The minimum absolute atomic E-state index is 0.226. The Balaban J connectivity index is 2.18. The molecule has 0 bridgehead atoms. The number of carbonyl (C=O) groups excluding carboxylic acids is 1. The Morgan fingerprint density at radius 3 is 2.58 bits per heavy atom. The van der Waals surface area contributed by atoms with Crippen molar-refractivity contribution in [3.05, 3.63) is 41.9 Å². The smallest absolute Gasteiger partial charge is 0.374 e. The van der Waals surface area contributed by atoms with Crippen molar-refractivity contribution in [2.75, 3.05) is 7.11 Å². The molecule has 0 saturated heterocycles. The number of aromatic amines is 1. The van der Waals surface area contributed by atoms with E-state index >= 15 is 0 Å². The molecule has 0 spiro atoms. The Bertz CT molecular complexity index is 556. The largest absolute Gasteiger partial charge is 0.463 e. The molecule has 0 radical (unpaired) electrons. The lowest BCUT2D eigenvalue weighted by Gasteiger charge is -2.05. The Morgan fingerprint density at radius 2 is 2.00 bits per heavy atom. The molecule has 1 N–H and O–H groups in total. The first kappa shape index (κ1) is 13.3. The van der Waals surface area contributed by atoms with Gasteiger partial charge in [0.15, 0.2) is 0 Å². The molecule has 0 unspecified atom stereocenters. The summed E-state index contributed by atoms with van der Waals surface area (Å²) in [5.74, 6) is 0.412. The number of nitrogens with one attached hydrogen (secondary N) is 1. The molecule has 1 heterocycles. The van der Waals surface area contributed by atoms with Crippen molar-refractivity contribution >= 4 is 5.97 Å². The standard InChI is InChI=1S/C15H18N2O2/c1-10(2)8-11-4-6-12(7-5-11)13-9-16-14(17-13)15(18)19-3/h4-7,9-10H,8H2,1-3H3,(H,16,17). The summed E-state index contributed by atoms with van der Waals surface area (Å²) in [6.07, 6.45) is 2.71. The van der Waals surface area contributed by atoms with E-state index in [0.29, 0.717) is 5.92 Å². The molecule has 2 rings (SSSR count). The monoisotopic (exact) mass is 258 g/mol. The van der Waals surface area contributed by atoms with Gasteiger partial charge in [-0.2, -0.15) is 0 Å². The van der Waals surface area contributed by atoms with Gasteiger partial charge in [-0.05, 0) is 23.5 Å². The van der Waals surface area contributed by atoms with Gasteiger partial charge in [0.2, 0.25) is 5.82 Å². The van der Waals surface area contributed by atoms with E-state index in [1.165, 1.54) is 12.7 Å². The van der Waals surface area contributed by atoms with Crippen molar-refractivity contribution in [2.24, 2.45) is 5.92 Å². The molecular formula is C15H18N2O2. The average Bonchev–Trinajstić information content (AvgIpc) is 2.87. The van der Waals surface area contributed by atoms with E-state index in [2.05, 4.69) is 40.7 Å². The second-order valence-corrected chi connectivity index (χ2v) is 4.93. The van der Waals surface area contributed by atoms with E-state index in [1.54, 1.807) is 6.20 Å². The van der Waals surface area contributed by atoms with Gasteiger partial charge in [0.1, 0.15) is 0 Å². The molecule has 1 aromatic heterocycles. The van der Waals surface area contributed by atoms with E-state index in [-0.39, 0.29) is 5.82 Å². The summed E-state index contributed by atoms with van der Waals surface area (Å²) in [5.41, 5.74) is 3.14. The minimum Gasteiger partial charge on any atom is -0.463 e. The molecule has 0 atom stereocenters. The maximum Gasteiger partial charge on any atom is 0.374 e. The van der Waals surface area contributed by atoms with Gasteiger partial charge in [-0.25, -0.2) is 9.78 Å². The van der Waals surface area contributed by atoms with Crippen molar-refractivity contribution in [3.8, 4) is 11.3 Å². The van der Waals surface area contributed by atoms with Gasteiger partial charge in [0.05, 0.1) is 19.0 Å². The fraction of sp³-hybridized carbons (Fsp3) is 0.333. The summed E-state index contributed by atoms with van der Waals surface area (Å²) in [4.78, 5) is 18.3. The van der Waals surface area contributed by atoms with Gasteiger partial charge in [0, 0.05) is 0 Å². The van der Waals surface area contributed by atoms with E-state index in [9.17, 15) is 4.79 Å². The topological polar surface area (TPSA) is 55.0 Å². The quantitative estimate of drug-likeness (QED) is 0.857. The van der Waals surface area contributed by atoms with Crippen LogP contribution in [0.2, 0.25) is 0 Å². The molecule has 0 aliphatic heterocycles. The van der Waals surface area contributed by atoms with Crippen molar-refractivity contribution in [3.63, 3.8) is 0 Å². The number of hydrogen-bond acceptors (Lipinski definition) is 3. The van der Waals surface area contributed by atoms with Gasteiger partial charge in [-0.15, -0.1) is 0 Å². The fourth-order valence-electron chi connectivity index (χ4n) is 1.96. The molecule has 4 nitrogen and oxygen atoms in total. The maximum absolute atomic E-state index is 11.3. The number of rotatable bonds is 4. The number of methoxy groups -OCH3 is 1. The van der Waals surface area contributed by atoms with Crippen LogP contribution in [0.1, 0.15) is 30.0 Å². The third-order valence-corrected chi connectivity index (χ3v) is 2.86. The van der Waals surface area contributed by atoms with Gasteiger partial charge < -0.3 is 9.72 Å². The van der Waals surface area contributed by atoms with Gasteiger partial charge in [-0.1, -0.05) is 38.1 Å². The normalized spacial score (nSPS) is 10.7. The lowest BCUT2D eigenvalue weighted by atomic mass is 10.0. The van der Waals surface area contributed by atoms with Crippen molar-refractivity contribution in [2.45, 2.75) is 20.3 Å². The molecule has 19 heavy (non-hydrogen) atoms. The molecule has 1 aromatic carbocycles. The van der Waals surface area contributed by atoms with Crippen molar-refractivity contribution in [1.29, 1.82) is 0 Å². The molecule has 0 saturated carbocycles. The van der Waals surface area contributed by atoms with Crippen LogP contribution in [-0.4, -0.2) is 23.0 Å². The van der Waals surface area contributed by atoms with Crippen LogP contribution in [-0.2, 0) is 11.2 Å². The van der Waals surface area contributed by atoms with Crippen LogP contribution in [0, 0.1) is 5.92 Å². The molecule has 4 heteroatoms. The fourth-order valence-corrected chi connectivity index (χ4v) is 1.96. The van der Waals surface area contributed by atoms with Gasteiger partial charge in [-0.3, -0.25) is 0 Å². The van der Waals surface area contributed by atoms with E-state index in [4.69, 9.17) is 0 Å².